The van der Waals surface area contributed by atoms with Gasteiger partial charge < -0.3 is 10.5 Å². The van der Waals surface area contributed by atoms with Crippen molar-refractivity contribution in [3.63, 3.8) is 0 Å². The van der Waals surface area contributed by atoms with Gasteiger partial charge in [-0.2, -0.15) is 0 Å². The SMILES string of the molecule is CCCCC(COC(C)=O)c1ccc(C(=O)C2CCC(CN)CC2)cc1. The van der Waals surface area contributed by atoms with Crippen molar-refractivity contribution in [1.82, 2.24) is 0 Å². The minimum Gasteiger partial charge on any atom is -0.465 e. The summed E-state index contributed by atoms with van der Waals surface area (Å²) in [6.07, 6.45) is 7.22. The topological polar surface area (TPSA) is 69.4 Å². The highest BCUT2D eigenvalue weighted by molar-refractivity contribution is 5.97. The number of benzene rings is 1. The molecule has 2 N–H and O–H groups in total. The smallest absolute Gasteiger partial charge is 0.302 e. The summed E-state index contributed by atoms with van der Waals surface area (Å²) in [4.78, 5) is 23.9. The van der Waals surface area contributed by atoms with Crippen molar-refractivity contribution >= 4 is 11.8 Å². The first kappa shape index (κ1) is 20.6. The zero-order valence-corrected chi connectivity index (χ0v) is 16.2. The van der Waals surface area contributed by atoms with E-state index in [1.54, 1.807) is 0 Å². The summed E-state index contributed by atoms with van der Waals surface area (Å²) in [5.41, 5.74) is 7.68. The van der Waals surface area contributed by atoms with Crippen molar-refractivity contribution in [1.29, 1.82) is 0 Å². The Kier molecular flexibility index (Phi) is 8.30. The lowest BCUT2D eigenvalue weighted by molar-refractivity contribution is -0.141. The molecule has 2 rings (SSSR count). The van der Waals surface area contributed by atoms with E-state index in [2.05, 4.69) is 6.92 Å². The van der Waals surface area contributed by atoms with Crippen LogP contribution in [0, 0.1) is 11.8 Å². The summed E-state index contributed by atoms with van der Waals surface area (Å²) in [7, 11) is 0. The molecule has 0 amide bonds. The Hall–Kier alpha value is -1.68. The minimum atomic E-state index is -0.244. The lowest BCUT2D eigenvalue weighted by Crippen LogP contribution is -2.25. The second-order valence-corrected chi connectivity index (χ2v) is 7.58. The fourth-order valence-electron chi connectivity index (χ4n) is 3.83. The molecule has 1 atom stereocenters. The van der Waals surface area contributed by atoms with E-state index in [4.69, 9.17) is 10.5 Å². The fourth-order valence-corrected chi connectivity index (χ4v) is 3.83. The molecule has 0 radical (unpaired) electrons. The van der Waals surface area contributed by atoms with Crippen LogP contribution in [0.3, 0.4) is 0 Å². The Morgan fingerprint density at radius 3 is 2.35 bits per heavy atom. The van der Waals surface area contributed by atoms with Gasteiger partial charge in [-0.1, -0.05) is 44.0 Å². The number of esters is 1. The number of hydrogen-bond acceptors (Lipinski definition) is 4. The molecule has 1 fully saturated rings. The van der Waals surface area contributed by atoms with Crippen molar-refractivity contribution in [2.45, 2.75) is 64.7 Å². The normalized spacial score (nSPS) is 21.2. The van der Waals surface area contributed by atoms with Crippen LogP contribution >= 0.6 is 0 Å². The molecule has 1 saturated carbocycles. The van der Waals surface area contributed by atoms with Crippen LogP contribution in [0.1, 0.15) is 80.6 Å². The summed E-state index contributed by atoms with van der Waals surface area (Å²) in [5.74, 6) is 0.939. The molecule has 4 nitrogen and oxygen atoms in total. The monoisotopic (exact) mass is 359 g/mol. The maximum Gasteiger partial charge on any atom is 0.302 e. The third-order valence-corrected chi connectivity index (χ3v) is 5.61. The number of rotatable bonds is 9. The molecular weight excluding hydrogens is 326 g/mol. The predicted molar refractivity (Wildman–Crippen MR) is 104 cm³/mol. The van der Waals surface area contributed by atoms with E-state index in [1.165, 1.54) is 6.92 Å². The third kappa shape index (κ3) is 5.94. The lowest BCUT2D eigenvalue weighted by Gasteiger charge is -2.26. The molecule has 0 spiro atoms. The summed E-state index contributed by atoms with van der Waals surface area (Å²) in [5, 5.41) is 0. The van der Waals surface area contributed by atoms with Crippen molar-refractivity contribution in [2.75, 3.05) is 13.2 Å². The summed E-state index contributed by atoms with van der Waals surface area (Å²) < 4.78 is 5.23. The van der Waals surface area contributed by atoms with Gasteiger partial charge in [0.25, 0.3) is 0 Å². The van der Waals surface area contributed by atoms with E-state index >= 15 is 0 Å². The quantitative estimate of drug-likeness (QED) is 0.522. The number of unbranched alkanes of at least 4 members (excludes halogenated alkanes) is 1. The Morgan fingerprint density at radius 2 is 1.81 bits per heavy atom. The zero-order chi connectivity index (χ0) is 18.9. The molecule has 1 aromatic carbocycles. The highest BCUT2D eigenvalue weighted by Gasteiger charge is 2.26. The molecule has 1 aliphatic rings. The zero-order valence-electron chi connectivity index (χ0n) is 16.2. The number of hydrogen-bond donors (Lipinski definition) is 1. The number of Topliss-reactive ketones (excluding diaryl/α,β-unsaturated/α-hetero) is 1. The van der Waals surface area contributed by atoms with Crippen LogP contribution in [-0.4, -0.2) is 24.9 Å². The Morgan fingerprint density at radius 1 is 1.15 bits per heavy atom. The van der Waals surface area contributed by atoms with E-state index in [0.29, 0.717) is 12.5 Å². The van der Waals surface area contributed by atoms with Gasteiger partial charge in [-0.05, 0) is 50.1 Å². The van der Waals surface area contributed by atoms with Crippen molar-refractivity contribution in [3.8, 4) is 0 Å². The molecule has 0 aliphatic heterocycles. The van der Waals surface area contributed by atoms with E-state index in [1.807, 2.05) is 24.3 Å². The molecule has 1 aliphatic carbocycles. The molecular formula is C22H33NO3. The fraction of sp³-hybridized carbons (Fsp3) is 0.636. The van der Waals surface area contributed by atoms with Gasteiger partial charge in [-0.3, -0.25) is 9.59 Å². The van der Waals surface area contributed by atoms with Crippen molar-refractivity contribution in [3.05, 3.63) is 35.4 Å². The standard InChI is InChI=1S/C22H33NO3/c1-3-4-5-21(15-26-16(2)24)18-10-12-20(13-11-18)22(25)19-8-6-17(14-23)7-9-19/h10-13,17,19,21H,3-9,14-15,23H2,1-2H3. The van der Waals surface area contributed by atoms with Gasteiger partial charge in [0, 0.05) is 24.3 Å². The highest BCUT2D eigenvalue weighted by atomic mass is 16.5. The molecule has 0 heterocycles. The highest BCUT2D eigenvalue weighted by Crippen LogP contribution is 2.31. The van der Waals surface area contributed by atoms with E-state index < -0.39 is 0 Å². The minimum absolute atomic E-state index is 0.139. The van der Waals surface area contributed by atoms with E-state index in [9.17, 15) is 9.59 Å². The summed E-state index contributed by atoms with van der Waals surface area (Å²) in [6, 6.07) is 7.95. The van der Waals surface area contributed by atoms with Gasteiger partial charge in [-0.15, -0.1) is 0 Å². The number of carbonyl (C=O) groups is 2. The molecule has 1 aromatic rings. The van der Waals surface area contributed by atoms with E-state index in [0.717, 1.165) is 62.6 Å². The van der Waals surface area contributed by atoms with Crippen LogP contribution in [0.2, 0.25) is 0 Å². The number of carbonyl (C=O) groups excluding carboxylic acids is 2. The van der Waals surface area contributed by atoms with Crippen LogP contribution in [0.5, 0.6) is 0 Å². The first-order chi connectivity index (χ1) is 12.5. The Bertz CT molecular complexity index is 574. The number of ketones is 1. The third-order valence-electron chi connectivity index (χ3n) is 5.61. The lowest BCUT2D eigenvalue weighted by atomic mass is 9.78. The second-order valence-electron chi connectivity index (χ2n) is 7.58. The van der Waals surface area contributed by atoms with Gasteiger partial charge in [0.05, 0.1) is 6.61 Å². The predicted octanol–water partition coefficient (Wildman–Crippen LogP) is 4.47. The molecule has 0 saturated heterocycles. The van der Waals surface area contributed by atoms with Gasteiger partial charge in [0.15, 0.2) is 5.78 Å². The molecule has 1 unspecified atom stereocenters. The van der Waals surface area contributed by atoms with Crippen LogP contribution in [0.15, 0.2) is 24.3 Å². The van der Waals surface area contributed by atoms with Gasteiger partial charge in [0.2, 0.25) is 0 Å². The Balaban J connectivity index is 2.00. The van der Waals surface area contributed by atoms with E-state index in [-0.39, 0.29) is 23.6 Å². The largest absolute Gasteiger partial charge is 0.465 e. The number of nitrogens with two attached hydrogens (primary N) is 1. The molecule has 0 bridgehead atoms. The van der Waals surface area contributed by atoms with Crippen LogP contribution in [0.25, 0.3) is 0 Å². The molecule has 26 heavy (non-hydrogen) atoms. The van der Waals surface area contributed by atoms with Crippen molar-refractivity contribution < 1.29 is 14.3 Å². The summed E-state index contributed by atoms with van der Waals surface area (Å²) in [6.45, 7) is 4.74. The molecule has 0 aromatic heterocycles. The van der Waals surface area contributed by atoms with Crippen LogP contribution in [0.4, 0.5) is 0 Å². The van der Waals surface area contributed by atoms with Gasteiger partial charge >= 0.3 is 5.97 Å². The van der Waals surface area contributed by atoms with Crippen LogP contribution < -0.4 is 5.73 Å². The maximum absolute atomic E-state index is 12.8. The van der Waals surface area contributed by atoms with Gasteiger partial charge in [-0.25, -0.2) is 0 Å². The van der Waals surface area contributed by atoms with Crippen LogP contribution in [-0.2, 0) is 9.53 Å². The first-order valence-electron chi connectivity index (χ1n) is 10.0. The average molecular weight is 360 g/mol. The molecule has 144 valence electrons. The number of ether oxygens (including phenoxy) is 1. The van der Waals surface area contributed by atoms with Gasteiger partial charge in [0.1, 0.15) is 0 Å². The summed E-state index contributed by atoms with van der Waals surface area (Å²) >= 11 is 0. The first-order valence-corrected chi connectivity index (χ1v) is 10.0. The average Bonchev–Trinajstić information content (AvgIpc) is 2.67. The Labute approximate surface area is 157 Å². The molecule has 4 heteroatoms. The second kappa shape index (κ2) is 10.5. The maximum atomic E-state index is 12.8. The van der Waals surface area contributed by atoms with Crippen molar-refractivity contribution in [2.24, 2.45) is 17.6 Å².